The van der Waals surface area contributed by atoms with Crippen molar-refractivity contribution in [1.29, 1.82) is 0 Å². The molecular weight excluding hydrogens is 224 g/mol. The minimum Gasteiger partial charge on any atom is -0.380 e. The molecule has 1 aliphatic heterocycles. The molecule has 2 unspecified atom stereocenters. The summed E-state index contributed by atoms with van der Waals surface area (Å²) < 4.78 is 5.38. The van der Waals surface area contributed by atoms with Gasteiger partial charge in [0.25, 0.3) is 0 Å². The Hall–Kier alpha value is -0.900. The van der Waals surface area contributed by atoms with Gasteiger partial charge in [-0.2, -0.15) is 0 Å². The van der Waals surface area contributed by atoms with Gasteiger partial charge < -0.3 is 10.5 Å². The van der Waals surface area contributed by atoms with Gasteiger partial charge in [0.05, 0.1) is 6.10 Å². The van der Waals surface area contributed by atoms with Crippen molar-refractivity contribution >= 4 is 0 Å². The summed E-state index contributed by atoms with van der Waals surface area (Å²) in [6, 6.07) is 8.78. The Bertz CT molecular complexity index is 363. The largest absolute Gasteiger partial charge is 0.380 e. The van der Waals surface area contributed by atoms with Crippen LogP contribution in [0.3, 0.4) is 0 Å². The lowest BCUT2D eigenvalue weighted by Crippen LogP contribution is -2.31. The number of nitrogens with two attached hydrogens (primary N) is 1. The molecule has 0 aliphatic carbocycles. The number of likely N-dealkylation sites (tertiary alicyclic amines) is 1. The molecule has 0 bridgehead atoms. The second-order valence-electron chi connectivity index (χ2n) is 5.11. The third-order valence-electron chi connectivity index (χ3n) is 3.83. The van der Waals surface area contributed by atoms with Gasteiger partial charge in [-0.25, -0.2) is 0 Å². The van der Waals surface area contributed by atoms with E-state index in [0.717, 1.165) is 32.5 Å². The van der Waals surface area contributed by atoms with Crippen LogP contribution in [-0.2, 0) is 11.2 Å². The number of nitrogens with zero attached hydrogens (tertiary/aromatic N) is 1. The number of ether oxygens (including phenoxy) is 1. The molecule has 2 rings (SSSR count). The molecule has 0 spiro atoms. The van der Waals surface area contributed by atoms with Gasteiger partial charge in [-0.3, -0.25) is 4.90 Å². The monoisotopic (exact) mass is 248 g/mol. The molecule has 2 atom stereocenters. The normalized spacial score (nSPS) is 22.3. The average molecular weight is 248 g/mol. The van der Waals surface area contributed by atoms with Crippen LogP contribution in [0.5, 0.6) is 0 Å². The van der Waals surface area contributed by atoms with E-state index in [-0.39, 0.29) is 6.04 Å². The summed E-state index contributed by atoms with van der Waals surface area (Å²) in [4.78, 5) is 2.40. The van der Waals surface area contributed by atoms with E-state index in [4.69, 9.17) is 10.5 Å². The second kappa shape index (κ2) is 6.32. The Morgan fingerprint density at radius 1 is 1.39 bits per heavy atom. The molecular formula is C15H24N2O. The highest BCUT2D eigenvalue weighted by Crippen LogP contribution is 2.17. The number of rotatable bonds is 5. The van der Waals surface area contributed by atoms with Crippen molar-refractivity contribution in [1.82, 2.24) is 4.90 Å². The Labute approximate surface area is 110 Å². The highest BCUT2D eigenvalue weighted by atomic mass is 16.5. The molecule has 1 heterocycles. The van der Waals surface area contributed by atoms with Crippen LogP contribution in [-0.4, -0.2) is 37.7 Å². The molecule has 0 amide bonds. The average Bonchev–Trinajstić information content (AvgIpc) is 2.86. The van der Waals surface area contributed by atoms with Crippen LogP contribution >= 0.6 is 0 Å². The second-order valence-corrected chi connectivity index (χ2v) is 5.11. The quantitative estimate of drug-likeness (QED) is 0.866. The summed E-state index contributed by atoms with van der Waals surface area (Å²) in [6.45, 7) is 5.20. The number of benzene rings is 1. The van der Waals surface area contributed by atoms with Gasteiger partial charge in [0, 0.05) is 32.8 Å². The van der Waals surface area contributed by atoms with Crippen LogP contribution in [0.1, 0.15) is 30.5 Å². The SMILES string of the molecule is CCc1ccc(C(N)CN2CCC(OC)C2)cc1. The van der Waals surface area contributed by atoms with E-state index in [9.17, 15) is 0 Å². The van der Waals surface area contributed by atoms with Gasteiger partial charge in [0.1, 0.15) is 0 Å². The lowest BCUT2D eigenvalue weighted by atomic mass is 10.0. The molecule has 0 aromatic heterocycles. The van der Waals surface area contributed by atoms with Crippen LogP contribution in [0.15, 0.2) is 24.3 Å². The fraction of sp³-hybridized carbons (Fsp3) is 0.600. The minimum absolute atomic E-state index is 0.103. The fourth-order valence-corrected chi connectivity index (χ4v) is 2.54. The molecule has 100 valence electrons. The molecule has 1 saturated heterocycles. The number of hydrogen-bond donors (Lipinski definition) is 1. The zero-order valence-corrected chi connectivity index (χ0v) is 11.4. The van der Waals surface area contributed by atoms with E-state index in [2.05, 4.69) is 36.1 Å². The number of hydrogen-bond acceptors (Lipinski definition) is 3. The predicted octanol–water partition coefficient (Wildman–Crippen LogP) is 1.97. The summed E-state index contributed by atoms with van der Waals surface area (Å²) in [5, 5.41) is 0. The number of aryl methyl sites for hydroxylation is 1. The molecule has 18 heavy (non-hydrogen) atoms. The zero-order chi connectivity index (χ0) is 13.0. The van der Waals surface area contributed by atoms with Gasteiger partial charge in [0.15, 0.2) is 0 Å². The highest BCUT2D eigenvalue weighted by Gasteiger charge is 2.23. The topological polar surface area (TPSA) is 38.5 Å². The molecule has 3 heteroatoms. The molecule has 3 nitrogen and oxygen atoms in total. The summed E-state index contributed by atoms with van der Waals surface area (Å²) in [5.74, 6) is 0. The predicted molar refractivity (Wildman–Crippen MR) is 74.6 cm³/mol. The van der Waals surface area contributed by atoms with E-state index in [0.29, 0.717) is 6.10 Å². The van der Waals surface area contributed by atoms with Crippen molar-refractivity contribution in [2.24, 2.45) is 5.73 Å². The molecule has 1 fully saturated rings. The smallest absolute Gasteiger partial charge is 0.0710 e. The third kappa shape index (κ3) is 3.31. The van der Waals surface area contributed by atoms with Crippen LogP contribution in [0.2, 0.25) is 0 Å². The van der Waals surface area contributed by atoms with Gasteiger partial charge in [-0.15, -0.1) is 0 Å². The molecule has 0 radical (unpaired) electrons. The standard InChI is InChI=1S/C15H24N2O/c1-3-12-4-6-13(7-5-12)15(16)11-17-9-8-14(10-17)18-2/h4-7,14-15H,3,8-11,16H2,1-2H3. The maximum atomic E-state index is 6.27. The summed E-state index contributed by atoms with van der Waals surface area (Å²) in [7, 11) is 1.79. The molecule has 1 aliphatic rings. The summed E-state index contributed by atoms with van der Waals surface area (Å²) in [5.41, 5.74) is 8.87. The first-order chi connectivity index (χ1) is 8.72. The van der Waals surface area contributed by atoms with E-state index < -0.39 is 0 Å². The Balaban J connectivity index is 1.89. The van der Waals surface area contributed by atoms with E-state index >= 15 is 0 Å². The first kappa shape index (κ1) is 13.5. The summed E-state index contributed by atoms with van der Waals surface area (Å²) in [6.07, 6.45) is 2.59. The first-order valence-electron chi connectivity index (χ1n) is 6.82. The maximum absolute atomic E-state index is 6.27. The van der Waals surface area contributed by atoms with Crippen LogP contribution in [0.4, 0.5) is 0 Å². The van der Waals surface area contributed by atoms with Crippen LogP contribution in [0.25, 0.3) is 0 Å². The van der Waals surface area contributed by atoms with Gasteiger partial charge in [-0.1, -0.05) is 31.2 Å². The van der Waals surface area contributed by atoms with Gasteiger partial charge in [0.2, 0.25) is 0 Å². The lowest BCUT2D eigenvalue weighted by Gasteiger charge is -2.21. The van der Waals surface area contributed by atoms with Gasteiger partial charge in [-0.05, 0) is 24.0 Å². The lowest BCUT2D eigenvalue weighted by molar-refractivity contribution is 0.107. The van der Waals surface area contributed by atoms with E-state index in [1.807, 2.05) is 0 Å². The van der Waals surface area contributed by atoms with Crippen molar-refractivity contribution in [2.45, 2.75) is 31.9 Å². The first-order valence-corrected chi connectivity index (χ1v) is 6.82. The van der Waals surface area contributed by atoms with Crippen LogP contribution in [0, 0.1) is 0 Å². The minimum atomic E-state index is 0.103. The zero-order valence-electron chi connectivity index (χ0n) is 11.4. The fourth-order valence-electron chi connectivity index (χ4n) is 2.54. The molecule has 0 saturated carbocycles. The highest BCUT2D eigenvalue weighted by molar-refractivity contribution is 5.25. The Kier molecular flexibility index (Phi) is 4.75. The molecule has 1 aromatic rings. The van der Waals surface area contributed by atoms with Crippen molar-refractivity contribution in [3.63, 3.8) is 0 Å². The van der Waals surface area contributed by atoms with Crippen molar-refractivity contribution in [2.75, 3.05) is 26.7 Å². The maximum Gasteiger partial charge on any atom is 0.0710 e. The van der Waals surface area contributed by atoms with Gasteiger partial charge >= 0.3 is 0 Å². The molecule has 1 aromatic carbocycles. The van der Waals surface area contributed by atoms with Crippen molar-refractivity contribution in [3.8, 4) is 0 Å². The van der Waals surface area contributed by atoms with E-state index in [1.54, 1.807) is 7.11 Å². The third-order valence-corrected chi connectivity index (χ3v) is 3.83. The van der Waals surface area contributed by atoms with E-state index in [1.165, 1.54) is 11.1 Å². The van der Waals surface area contributed by atoms with Crippen LogP contribution < -0.4 is 5.73 Å². The Morgan fingerprint density at radius 2 is 2.11 bits per heavy atom. The molecule has 2 N–H and O–H groups in total. The Morgan fingerprint density at radius 3 is 2.67 bits per heavy atom. The van der Waals surface area contributed by atoms with Crippen molar-refractivity contribution < 1.29 is 4.74 Å². The summed E-state index contributed by atoms with van der Waals surface area (Å²) >= 11 is 0. The number of methoxy groups -OCH3 is 1. The van der Waals surface area contributed by atoms with Crippen molar-refractivity contribution in [3.05, 3.63) is 35.4 Å².